The Bertz CT molecular complexity index is 1410. The van der Waals surface area contributed by atoms with Gasteiger partial charge in [0.2, 0.25) is 5.91 Å². The van der Waals surface area contributed by atoms with Crippen molar-refractivity contribution >= 4 is 27.7 Å². The van der Waals surface area contributed by atoms with Gasteiger partial charge in [0.05, 0.1) is 24.9 Å². The number of carbonyl (C=O) groups is 1. The van der Waals surface area contributed by atoms with Crippen LogP contribution in [-0.4, -0.2) is 40.0 Å². The summed E-state index contributed by atoms with van der Waals surface area (Å²) in [7, 11) is 1.62. The molecule has 4 aromatic rings. The quantitative estimate of drug-likeness (QED) is 0.374. The number of fused-ring (bicyclic) bond motifs is 3. The molecule has 2 aromatic carbocycles. The maximum absolute atomic E-state index is 13.4. The lowest BCUT2D eigenvalue weighted by atomic mass is 10.1. The number of rotatable bonds is 10. The standard InChI is InChI=1S/C27H32N4O4/c1-5-21(26(32)28-15-14-18-12-13-23(34-6-2)24(16-18)35-7-3)31-22-11-9-8-10-19(22)20-17-29-30(4)27(33)25(20)31/h8-13,16-17,21H,5-7,14-15H2,1-4H3,(H,28,32)/t21-/m1/s1. The van der Waals surface area contributed by atoms with Gasteiger partial charge in [0.25, 0.3) is 5.56 Å². The van der Waals surface area contributed by atoms with Crippen molar-refractivity contribution in [1.29, 1.82) is 0 Å². The first-order valence-corrected chi connectivity index (χ1v) is 12.1. The second-order valence-corrected chi connectivity index (χ2v) is 8.33. The third kappa shape index (κ3) is 4.73. The van der Waals surface area contributed by atoms with Gasteiger partial charge < -0.3 is 19.4 Å². The summed E-state index contributed by atoms with van der Waals surface area (Å²) in [5.74, 6) is 1.31. The molecule has 0 bridgehead atoms. The van der Waals surface area contributed by atoms with Crippen LogP contribution in [0.25, 0.3) is 21.8 Å². The maximum atomic E-state index is 13.4. The van der Waals surface area contributed by atoms with Gasteiger partial charge in [0, 0.05) is 24.4 Å². The van der Waals surface area contributed by atoms with Gasteiger partial charge in [-0.3, -0.25) is 9.59 Å². The van der Waals surface area contributed by atoms with E-state index in [1.807, 2.05) is 67.8 Å². The highest BCUT2D eigenvalue weighted by Gasteiger charge is 2.25. The summed E-state index contributed by atoms with van der Waals surface area (Å²) in [6.45, 7) is 7.41. The third-order valence-electron chi connectivity index (χ3n) is 6.13. The molecule has 0 radical (unpaired) electrons. The molecule has 184 valence electrons. The number of hydrogen-bond acceptors (Lipinski definition) is 5. The highest BCUT2D eigenvalue weighted by Crippen LogP contribution is 2.31. The van der Waals surface area contributed by atoms with Crippen molar-refractivity contribution in [2.75, 3.05) is 19.8 Å². The number of ether oxygens (including phenoxy) is 2. The molecule has 0 unspecified atom stereocenters. The molecular formula is C27H32N4O4. The molecule has 1 atom stereocenters. The average Bonchev–Trinajstić information content (AvgIpc) is 3.19. The minimum atomic E-state index is -0.521. The van der Waals surface area contributed by atoms with Crippen LogP contribution in [0.4, 0.5) is 0 Å². The molecule has 0 spiro atoms. The summed E-state index contributed by atoms with van der Waals surface area (Å²) in [5.41, 5.74) is 2.17. The molecule has 0 aliphatic heterocycles. The predicted octanol–water partition coefficient (Wildman–Crippen LogP) is 4.00. The minimum absolute atomic E-state index is 0.120. The largest absolute Gasteiger partial charge is 0.490 e. The van der Waals surface area contributed by atoms with Crippen molar-refractivity contribution in [2.24, 2.45) is 7.05 Å². The predicted molar refractivity (Wildman–Crippen MR) is 137 cm³/mol. The number of carbonyl (C=O) groups excluding carboxylic acids is 1. The van der Waals surface area contributed by atoms with Gasteiger partial charge >= 0.3 is 0 Å². The van der Waals surface area contributed by atoms with Gasteiger partial charge in [-0.2, -0.15) is 5.10 Å². The zero-order valence-corrected chi connectivity index (χ0v) is 20.7. The number of para-hydroxylation sites is 1. The summed E-state index contributed by atoms with van der Waals surface area (Å²) in [4.78, 5) is 26.4. The Morgan fingerprint density at radius 2 is 1.77 bits per heavy atom. The molecule has 2 aromatic heterocycles. The summed E-state index contributed by atoms with van der Waals surface area (Å²) in [6.07, 6.45) is 2.89. The Balaban J connectivity index is 1.58. The van der Waals surface area contributed by atoms with E-state index in [9.17, 15) is 9.59 Å². The Labute approximate surface area is 204 Å². The van der Waals surface area contributed by atoms with E-state index in [-0.39, 0.29) is 11.5 Å². The highest BCUT2D eigenvalue weighted by atomic mass is 16.5. The molecule has 35 heavy (non-hydrogen) atoms. The van der Waals surface area contributed by atoms with Gasteiger partial charge in [0.15, 0.2) is 11.5 Å². The fourth-order valence-corrected chi connectivity index (χ4v) is 4.50. The summed E-state index contributed by atoms with van der Waals surface area (Å²) in [5, 5.41) is 8.93. The molecule has 4 rings (SSSR count). The molecule has 0 saturated heterocycles. The summed E-state index contributed by atoms with van der Waals surface area (Å²) >= 11 is 0. The van der Waals surface area contributed by atoms with Crippen LogP contribution in [0, 0.1) is 0 Å². The topological polar surface area (TPSA) is 87.4 Å². The van der Waals surface area contributed by atoms with Gasteiger partial charge in [0.1, 0.15) is 11.6 Å². The second kappa shape index (κ2) is 10.6. The van der Waals surface area contributed by atoms with E-state index in [4.69, 9.17) is 9.47 Å². The number of benzene rings is 2. The number of aromatic nitrogens is 3. The lowest BCUT2D eigenvalue weighted by molar-refractivity contribution is -0.124. The fraction of sp³-hybridized carbons (Fsp3) is 0.370. The number of nitrogens with one attached hydrogen (secondary N) is 1. The van der Waals surface area contributed by atoms with E-state index >= 15 is 0 Å². The van der Waals surface area contributed by atoms with Crippen LogP contribution in [0.1, 0.15) is 38.8 Å². The SMILES string of the molecule is CCOc1ccc(CCNC(=O)[C@@H](CC)n2c3ccccc3c3cnn(C)c(=O)c32)cc1OCC. The molecule has 0 aliphatic carbocycles. The van der Waals surface area contributed by atoms with Gasteiger partial charge in [-0.15, -0.1) is 0 Å². The number of aryl methyl sites for hydroxylation is 1. The van der Waals surface area contributed by atoms with Crippen LogP contribution in [0.3, 0.4) is 0 Å². The van der Waals surface area contributed by atoms with Crippen LogP contribution in [-0.2, 0) is 18.3 Å². The van der Waals surface area contributed by atoms with Crippen LogP contribution < -0.4 is 20.3 Å². The van der Waals surface area contributed by atoms with Crippen LogP contribution >= 0.6 is 0 Å². The van der Waals surface area contributed by atoms with E-state index in [0.717, 1.165) is 27.6 Å². The van der Waals surface area contributed by atoms with E-state index in [1.54, 1.807) is 13.2 Å². The Hall–Kier alpha value is -3.81. The molecule has 1 N–H and O–H groups in total. The Morgan fingerprint density at radius 1 is 1.03 bits per heavy atom. The van der Waals surface area contributed by atoms with Crippen LogP contribution in [0.2, 0.25) is 0 Å². The summed E-state index contributed by atoms with van der Waals surface area (Å²) < 4.78 is 14.5. The van der Waals surface area contributed by atoms with Crippen molar-refractivity contribution in [2.45, 2.75) is 39.7 Å². The molecule has 1 amide bonds. The van der Waals surface area contributed by atoms with Gasteiger partial charge in [-0.05, 0) is 50.5 Å². The number of nitrogens with zero attached hydrogens (tertiary/aromatic N) is 3. The lowest BCUT2D eigenvalue weighted by Gasteiger charge is -2.19. The molecular weight excluding hydrogens is 444 g/mol. The molecule has 8 heteroatoms. The smallest absolute Gasteiger partial charge is 0.291 e. The first-order chi connectivity index (χ1) is 17.0. The Morgan fingerprint density at radius 3 is 2.51 bits per heavy atom. The van der Waals surface area contributed by atoms with Crippen molar-refractivity contribution in [3.05, 3.63) is 64.6 Å². The van der Waals surface area contributed by atoms with Crippen molar-refractivity contribution < 1.29 is 14.3 Å². The van der Waals surface area contributed by atoms with Crippen molar-refractivity contribution in [3.63, 3.8) is 0 Å². The van der Waals surface area contributed by atoms with E-state index < -0.39 is 6.04 Å². The fourth-order valence-electron chi connectivity index (χ4n) is 4.50. The molecule has 0 fully saturated rings. The van der Waals surface area contributed by atoms with Crippen LogP contribution in [0.5, 0.6) is 11.5 Å². The zero-order chi connectivity index (χ0) is 24.9. The minimum Gasteiger partial charge on any atom is -0.490 e. The Kier molecular flexibility index (Phi) is 7.39. The average molecular weight is 477 g/mol. The first kappa shape index (κ1) is 24.3. The number of hydrogen-bond donors (Lipinski definition) is 1. The normalized spacial score (nSPS) is 12.1. The van der Waals surface area contributed by atoms with E-state index in [0.29, 0.717) is 43.9 Å². The van der Waals surface area contributed by atoms with Crippen molar-refractivity contribution in [3.8, 4) is 11.5 Å². The highest BCUT2D eigenvalue weighted by molar-refractivity contribution is 6.08. The summed E-state index contributed by atoms with van der Waals surface area (Å²) in [6, 6.07) is 13.1. The molecule has 0 aliphatic rings. The third-order valence-corrected chi connectivity index (χ3v) is 6.13. The zero-order valence-electron chi connectivity index (χ0n) is 20.7. The second-order valence-electron chi connectivity index (χ2n) is 8.33. The van der Waals surface area contributed by atoms with Gasteiger partial charge in [-0.25, -0.2) is 4.68 Å². The molecule has 8 nitrogen and oxygen atoms in total. The van der Waals surface area contributed by atoms with Crippen LogP contribution in [0.15, 0.2) is 53.5 Å². The van der Waals surface area contributed by atoms with Gasteiger partial charge in [-0.1, -0.05) is 31.2 Å². The van der Waals surface area contributed by atoms with E-state index in [2.05, 4.69) is 10.4 Å². The first-order valence-electron chi connectivity index (χ1n) is 12.1. The monoisotopic (exact) mass is 476 g/mol. The molecule has 0 saturated carbocycles. The lowest BCUT2D eigenvalue weighted by Crippen LogP contribution is -2.34. The maximum Gasteiger partial charge on any atom is 0.291 e. The number of amides is 1. The van der Waals surface area contributed by atoms with Crippen molar-refractivity contribution in [1.82, 2.24) is 19.7 Å². The molecule has 2 heterocycles. The van der Waals surface area contributed by atoms with E-state index in [1.165, 1.54) is 4.68 Å².